The summed E-state index contributed by atoms with van der Waals surface area (Å²) in [5.74, 6) is 0. The lowest BCUT2D eigenvalue weighted by Gasteiger charge is -2.10. The fraction of sp³-hybridized carbons (Fsp3) is 0.263. The predicted molar refractivity (Wildman–Crippen MR) is 108 cm³/mol. The highest BCUT2D eigenvalue weighted by Crippen LogP contribution is 2.32. The largest absolute Gasteiger partial charge is 0.348 e. The van der Waals surface area contributed by atoms with Gasteiger partial charge in [-0.25, -0.2) is 17.9 Å². The van der Waals surface area contributed by atoms with Crippen molar-refractivity contribution in [1.82, 2.24) is 14.3 Å². The second-order valence-electron chi connectivity index (χ2n) is 6.30. The third-order valence-electron chi connectivity index (χ3n) is 4.23. The highest BCUT2D eigenvalue weighted by molar-refractivity contribution is 7.91. The van der Waals surface area contributed by atoms with Crippen LogP contribution in [-0.4, -0.2) is 24.5 Å². The van der Waals surface area contributed by atoms with Gasteiger partial charge in [-0.05, 0) is 50.1 Å². The smallest absolute Gasteiger partial charge is 0.295 e. The van der Waals surface area contributed by atoms with Crippen LogP contribution in [0, 0.1) is 20.8 Å². The Morgan fingerprint density at radius 2 is 1.85 bits per heavy atom. The van der Waals surface area contributed by atoms with E-state index in [-0.39, 0.29) is 23.0 Å². The molecule has 0 spiro atoms. The van der Waals surface area contributed by atoms with Crippen LogP contribution in [-0.2, 0) is 16.6 Å². The molecular weight excluding hydrogens is 382 g/mol. The quantitative estimate of drug-likeness (QED) is 0.686. The van der Waals surface area contributed by atoms with Gasteiger partial charge in [0.05, 0.1) is 0 Å². The number of sulfonamides is 1. The molecule has 0 amide bonds. The Morgan fingerprint density at radius 3 is 2.56 bits per heavy atom. The fourth-order valence-corrected chi connectivity index (χ4v) is 5.33. The Hall–Kier alpha value is -2.29. The minimum absolute atomic E-state index is 0.116. The molecule has 0 fully saturated rings. The van der Waals surface area contributed by atoms with Crippen molar-refractivity contribution >= 4 is 21.4 Å². The molecule has 0 saturated carbocycles. The van der Waals surface area contributed by atoms with Gasteiger partial charge >= 0.3 is 5.69 Å². The SMILES string of the molecule is Cc1cc(C)n(CCNS(=O)(=O)c2ccc(-c3ccccc3C)s2)c(=O)n1. The molecule has 142 valence electrons. The van der Waals surface area contributed by atoms with Gasteiger partial charge in [0.1, 0.15) is 4.21 Å². The van der Waals surface area contributed by atoms with Gasteiger partial charge in [-0.1, -0.05) is 24.3 Å². The van der Waals surface area contributed by atoms with Crippen molar-refractivity contribution in [3.63, 3.8) is 0 Å². The van der Waals surface area contributed by atoms with Gasteiger partial charge in [0.2, 0.25) is 10.0 Å². The van der Waals surface area contributed by atoms with Crippen molar-refractivity contribution in [2.75, 3.05) is 6.54 Å². The summed E-state index contributed by atoms with van der Waals surface area (Å²) in [4.78, 5) is 16.7. The van der Waals surface area contributed by atoms with Crippen LogP contribution < -0.4 is 10.4 Å². The van der Waals surface area contributed by atoms with E-state index in [0.717, 1.165) is 21.7 Å². The normalized spacial score (nSPS) is 11.7. The second kappa shape index (κ2) is 7.75. The summed E-state index contributed by atoms with van der Waals surface area (Å²) >= 11 is 1.23. The van der Waals surface area contributed by atoms with Gasteiger partial charge in [0.25, 0.3) is 0 Å². The first kappa shape index (κ1) is 19.5. The summed E-state index contributed by atoms with van der Waals surface area (Å²) < 4.78 is 29.4. The van der Waals surface area contributed by atoms with Gasteiger partial charge in [0, 0.05) is 29.4 Å². The maximum absolute atomic E-state index is 12.6. The topological polar surface area (TPSA) is 81.1 Å². The number of hydrogen-bond donors (Lipinski definition) is 1. The zero-order valence-electron chi connectivity index (χ0n) is 15.4. The minimum atomic E-state index is -3.63. The number of nitrogens with one attached hydrogen (secondary N) is 1. The van der Waals surface area contributed by atoms with E-state index >= 15 is 0 Å². The van der Waals surface area contributed by atoms with Crippen LogP contribution in [0.1, 0.15) is 17.0 Å². The minimum Gasteiger partial charge on any atom is -0.295 e. The lowest BCUT2D eigenvalue weighted by atomic mass is 10.1. The maximum Gasteiger partial charge on any atom is 0.348 e. The Balaban J connectivity index is 1.73. The molecule has 0 radical (unpaired) electrons. The first-order chi connectivity index (χ1) is 12.8. The molecule has 0 atom stereocenters. The van der Waals surface area contributed by atoms with Crippen LogP contribution in [0.5, 0.6) is 0 Å². The highest BCUT2D eigenvalue weighted by Gasteiger charge is 2.17. The van der Waals surface area contributed by atoms with Crippen molar-refractivity contribution in [3.05, 3.63) is 69.9 Å². The lowest BCUT2D eigenvalue weighted by Crippen LogP contribution is -2.32. The summed E-state index contributed by atoms with van der Waals surface area (Å²) in [6.45, 7) is 5.90. The molecule has 8 heteroatoms. The molecule has 0 aliphatic rings. The fourth-order valence-electron chi connectivity index (χ4n) is 2.87. The van der Waals surface area contributed by atoms with Crippen molar-refractivity contribution in [3.8, 4) is 10.4 Å². The summed E-state index contributed by atoms with van der Waals surface area (Å²) in [7, 11) is -3.63. The predicted octanol–water partition coefficient (Wildman–Crippen LogP) is 2.88. The number of rotatable bonds is 6. The molecule has 6 nitrogen and oxygen atoms in total. The molecular formula is C19H21N3O3S2. The van der Waals surface area contributed by atoms with Crippen molar-refractivity contribution < 1.29 is 8.42 Å². The Labute approximate surface area is 162 Å². The monoisotopic (exact) mass is 403 g/mol. The molecule has 1 aromatic carbocycles. The van der Waals surface area contributed by atoms with Crippen LogP contribution in [0.4, 0.5) is 0 Å². The molecule has 0 unspecified atom stereocenters. The first-order valence-corrected chi connectivity index (χ1v) is 10.8. The zero-order chi connectivity index (χ0) is 19.6. The molecule has 2 heterocycles. The van der Waals surface area contributed by atoms with Gasteiger partial charge in [-0.2, -0.15) is 4.98 Å². The Morgan fingerprint density at radius 1 is 1.11 bits per heavy atom. The lowest BCUT2D eigenvalue weighted by molar-refractivity contribution is 0.565. The van der Waals surface area contributed by atoms with E-state index in [1.165, 1.54) is 15.9 Å². The van der Waals surface area contributed by atoms with Crippen molar-refractivity contribution in [1.29, 1.82) is 0 Å². The van der Waals surface area contributed by atoms with Gasteiger partial charge in [-0.3, -0.25) is 4.57 Å². The number of benzene rings is 1. The molecule has 27 heavy (non-hydrogen) atoms. The Kier molecular flexibility index (Phi) is 5.59. The van der Waals surface area contributed by atoms with Crippen LogP contribution in [0.15, 0.2) is 51.5 Å². The van der Waals surface area contributed by atoms with E-state index in [0.29, 0.717) is 5.69 Å². The summed E-state index contributed by atoms with van der Waals surface area (Å²) in [5.41, 5.74) is 3.15. The van der Waals surface area contributed by atoms with Crippen molar-refractivity contribution in [2.45, 2.75) is 31.5 Å². The van der Waals surface area contributed by atoms with Crippen LogP contribution in [0.25, 0.3) is 10.4 Å². The van der Waals surface area contributed by atoms with Gasteiger partial charge < -0.3 is 0 Å². The molecule has 3 rings (SSSR count). The van der Waals surface area contributed by atoms with E-state index in [2.05, 4.69) is 9.71 Å². The maximum atomic E-state index is 12.6. The third-order valence-corrected chi connectivity index (χ3v) is 7.30. The van der Waals surface area contributed by atoms with E-state index in [1.54, 1.807) is 26.0 Å². The molecule has 0 bridgehead atoms. The first-order valence-electron chi connectivity index (χ1n) is 8.48. The zero-order valence-corrected chi connectivity index (χ0v) is 17.0. The van der Waals surface area contributed by atoms with E-state index in [1.807, 2.05) is 37.3 Å². The standard InChI is InChI=1S/C19H21N3O3S2/c1-13-6-4-5-7-16(13)17-8-9-18(26-17)27(24,25)20-10-11-22-15(3)12-14(2)21-19(22)23/h4-9,12,20H,10-11H2,1-3H3. The molecule has 0 saturated heterocycles. The van der Waals surface area contributed by atoms with E-state index in [9.17, 15) is 13.2 Å². The van der Waals surface area contributed by atoms with E-state index in [4.69, 9.17) is 0 Å². The molecule has 0 aliphatic carbocycles. The molecule has 0 aliphatic heterocycles. The summed E-state index contributed by atoms with van der Waals surface area (Å²) in [5, 5.41) is 0. The highest BCUT2D eigenvalue weighted by atomic mass is 32.2. The number of aromatic nitrogens is 2. The van der Waals surface area contributed by atoms with Crippen molar-refractivity contribution in [2.24, 2.45) is 0 Å². The average Bonchev–Trinajstić information content (AvgIpc) is 3.08. The number of aryl methyl sites for hydroxylation is 3. The summed E-state index contributed by atoms with van der Waals surface area (Å²) in [6, 6.07) is 13.1. The summed E-state index contributed by atoms with van der Waals surface area (Å²) in [6.07, 6.45) is 0. The van der Waals surface area contributed by atoms with Crippen LogP contribution in [0.3, 0.4) is 0 Å². The number of thiophene rings is 1. The second-order valence-corrected chi connectivity index (χ2v) is 9.38. The Bertz CT molecular complexity index is 1130. The molecule has 1 N–H and O–H groups in total. The third kappa shape index (κ3) is 4.35. The van der Waals surface area contributed by atoms with Crippen LogP contribution >= 0.6 is 11.3 Å². The number of hydrogen-bond acceptors (Lipinski definition) is 5. The molecule has 3 aromatic rings. The van der Waals surface area contributed by atoms with Gasteiger partial charge in [0.15, 0.2) is 0 Å². The van der Waals surface area contributed by atoms with E-state index < -0.39 is 10.0 Å². The number of nitrogens with zero attached hydrogens (tertiary/aromatic N) is 2. The van der Waals surface area contributed by atoms with Crippen LogP contribution in [0.2, 0.25) is 0 Å². The van der Waals surface area contributed by atoms with Gasteiger partial charge in [-0.15, -0.1) is 11.3 Å². The average molecular weight is 404 g/mol. The molecule has 2 aromatic heterocycles.